The molecule has 0 saturated heterocycles. The van der Waals surface area contributed by atoms with Crippen LogP contribution in [0.2, 0.25) is 0 Å². The largest absolute Gasteiger partial charge is 0.456 e. The Kier molecular flexibility index (Phi) is 7.14. The topological polar surface area (TPSA) is 51.8 Å². The van der Waals surface area contributed by atoms with Crippen molar-refractivity contribution in [1.29, 1.82) is 0 Å². The van der Waals surface area contributed by atoms with Gasteiger partial charge in [-0.25, -0.2) is 15.0 Å². The highest BCUT2D eigenvalue weighted by Gasteiger charge is 2.21. The van der Waals surface area contributed by atoms with Gasteiger partial charge in [-0.2, -0.15) is 0 Å². The summed E-state index contributed by atoms with van der Waals surface area (Å²) in [7, 11) is 0. The first-order valence-corrected chi connectivity index (χ1v) is 18.5. The van der Waals surface area contributed by atoms with Crippen molar-refractivity contribution in [2.24, 2.45) is 0 Å². The molecule has 0 spiro atoms. The molecule has 0 atom stereocenters. The Morgan fingerprint density at radius 1 is 0.291 bits per heavy atom. The van der Waals surface area contributed by atoms with Crippen LogP contribution >= 0.6 is 0 Å². The van der Waals surface area contributed by atoms with Gasteiger partial charge in [0.25, 0.3) is 0 Å². The van der Waals surface area contributed by atoms with E-state index >= 15 is 0 Å². The number of fused-ring (bicyclic) bond motifs is 8. The summed E-state index contributed by atoms with van der Waals surface area (Å²) in [5, 5.41) is 9.01. The van der Waals surface area contributed by atoms with Gasteiger partial charge in [0.2, 0.25) is 0 Å². The Balaban J connectivity index is 1.19. The third kappa shape index (κ3) is 5.26. The summed E-state index contributed by atoms with van der Waals surface area (Å²) in [6.07, 6.45) is 0. The average Bonchev–Trinajstić information content (AvgIpc) is 3.65. The van der Waals surface area contributed by atoms with Crippen molar-refractivity contribution in [3.63, 3.8) is 0 Å². The summed E-state index contributed by atoms with van der Waals surface area (Å²) in [6, 6.07) is 65.7. The number of rotatable bonds is 5. The Bertz CT molecular complexity index is 3240. The second-order valence-corrected chi connectivity index (χ2v) is 14.0. The lowest BCUT2D eigenvalue weighted by atomic mass is 9.93. The molecule has 0 saturated carbocycles. The van der Waals surface area contributed by atoms with Crippen molar-refractivity contribution in [3.8, 4) is 56.4 Å². The molecular weight excluding hydrogens is 671 g/mol. The molecule has 0 fully saturated rings. The first kappa shape index (κ1) is 31.1. The van der Waals surface area contributed by atoms with Crippen molar-refractivity contribution in [1.82, 2.24) is 15.0 Å². The van der Waals surface area contributed by atoms with Crippen LogP contribution in [0.1, 0.15) is 0 Å². The minimum atomic E-state index is 0.588. The van der Waals surface area contributed by atoms with Gasteiger partial charge in [0.1, 0.15) is 11.2 Å². The molecule has 11 rings (SSSR count). The molecule has 4 heteroatoms. The number of furan rings is 1. The van der Waals surface area contributed by atoms with Gasteiger partial charge in [0.15, 0.2) is 17.5 Å². The number of hydrogen-bond acceptors (Lipinski definition) is 4. The average molecular weight is 702 g/mol. The molecule has 0 N–H and O–H groups in total. The van der Waals surface area contributed by atoms with Crippen LogP contribution in [-0.2, 0) is 0 Å². The molecule has 0 radical (unpaired) electrons. The summed E-state index contributed by atoms with van der Waals surface area (Å²) in [4.78, 5) is 15.9. The van der Waals surface area contributed by atoms with E-state index in [0.717, 1.165) is 60.5 Å². The van der Waals surface area contributed by atoms with Gasteiger partial charge in [0, 0.05) is 27.5 Å². The summed E-state index contributed by atoms with van der Waals surface area (Å²) < 4.78 is 6.58. The number of benzene rings is 9. The number of hydrogen-bond donors (Lipinski definition) is 0. The lowest BCUT2D eigenvalue weighted by Gasteiger charge is -2.14. The molecule has 0 amide bonds. The van der Waals surface area contributed by atoms with Gasteiger partial charge >= 0.3 is 0 Å². The van der Waals surface area contributed by atoms with Crippen molar-refractivity contribution < 1.29 is 4.42 Å². The lowest BCUT2D eigenvalue weighted by molar-refractivity contribution is 0.669. The molecular formula is C51H31N3O. The molecule has 55 heavy (non-hydrogen) atoms. The van der Waals surface area contributed by atoms with Gasteiger partial charge in [-0.05, 0) is 78.8 Å². The third-order valence-electron chi connectivity index (χ3n) is 10.7. The number of para-hydroxylation sites is 1. The number of aromatic nitrogens is 3. The van der Waals surface area contributed by atoms with Crippen molar-refractivity contribution >= 4 is 54.3 Å². The minimum Gasteiger partial charge on any atom is -0.456 e. The predicted octanol–water partition coefficient (Wildman–Crippen LogP) is 13.6. The molecule has 0 aliphatic rings. The molecule has 0 unspecified atom stereocenters. The van der Waals surface area contributed by atoms with Crippen LogP contribution in [-0.4, -0.2) is 15.0 Å². The van der Waals surface area contributed by atoms with E-state index in [4.69, 9.17) is 19.4 Å². The van der Waals surface area contributed by atoms with E-state index in [-0.39, 0.29) is 0 Å². The van der Waals surface area contributed by atoms with E-state index < -0.39 is 0 Å². The van der Waals surface area contributed by atoms with Crippen LogP contribution in [0.4, 0.5) is 0 Å². The van der Waals surface area contributed by atoms with Gasteiger partial charge in [-0.1, -0.05) is 164 Å². The fraction of sp³-hybridized carbons (Fsp3) is 0. The summed E-state index contributed by atoms with van der Waals surface area (Å²) in [5.41, 5.74) is 8.82. The summed E-state index contributed by atoms with van der Waals surface area (Å²) >= 11 is 0. The van der Waals surface area contributed by atoms with Gasteiger partial charge in [-0.15, -0.1) is 0 Å². The molecule has 0 aliphatic carbocycles. The van der Waals surface area contributed by atoms with E-state index in [1.54, 1.807) is 0 Å². The second-order valence-electron chi connectivity index (χ2n) is 14.0. The van der Waals surface area contributed by atoms with Crippen LogP contribution in [0.5, 0.6) is 0 Å². The SMILES string of the molecule is c1ccc(-c2ccc(-c3cc(-c4nc(-c5ccccc5)nc(-c5cc6c7ccccc7ccc6c6ccccc56)n4)c4c(c3)oc3ccccc34)cc2)cc1. The zero-order valence-electron chi connectivity index (χ0n) is 29.6. The maximum Gasteiger partial charge on any atom is 0.164 e. The maximum absolute atomic E-state index is 6.58. The van der Waals surface area contributed by atoms with Crippen LogP contribution in [0.3, 0.4) is 0 Å². The first-order valence-electron chi connectivity index (χ1n) is 18.5. The Labute approximate surface area is 317 Å². The van der Waals surface area contributed by atoms with E-state index in [0.29, 0.717) is 17.5 Å². The third-order valence-corrected chi connectivity index (χ3v) is 10.7. The maximum atomic E-state index is 6.58. The highest BCUT2D eigenvalue weighted by Crippen LogP contribution is 2.42. The smallest absolute Gasteiger partial charge is 0.164 e. The highest BCUT2D eigenvalue weighted by atomic mass is 16.3. The zero-order valence-corrected chi connectivity index (χ0v) is 29.6. The van der Waals surface area contributed by atoms with E-state index in [1.807, 2.05) is 36.4 Å². The molecule has 2 heterocycles. The Hall–Kier alpha value is -7.43. The van der Waals surface area contributed by atoms with E-state index in [2.05, 4.69) is 152 Å². The Morgan fingerprint density at radius 2 is 0.836 bits per heavy atom. The molecule has 0 bridgehead atoms. The highest BCUT2D eigenvalue weighted by molar-refractivity contribution is 6.21. The van der Waals surface area contributed by atoms with Crippen LogP contribution < -0.4 is 0 Å². The van der Waals surface area contributed by atoms with Crippen LogP contribution in [0.15, 0.2) is 192 Å². The molecule has 2 aromatic heterocycles. The first-order chi connectivity index (χ1) is 27.2. The normalized spacial score (nSPS) is 11.6. The quantitative estimate of drug-likeness (QED) is 0.168. The fourth-order valence-electron chi connectivity index (χ4n) is 8.06. The van der Waals surface area contributed by atoms with Gasteiger partial charge in [0.05, 0.1) is 0 Å². The second kappa shape index (κ2) is 12.6. The molecule has 4 nitrogen and oxygen atoms in total. The summed E-state index contributed by atoms with van der Waals surface area (Å²) in [5.74, 6) is 1.82. The predicted molar refractivity (Wildman–Crippen MR) is 227 cm³/mol. The van der Waals surface area contributed by atoms with Crippen LogP contribution in [0.25, 0.3) is 111 Å². The number of nitrogens with zero attached hydrogens (tertiary/aromatic N) is 3. The van der Waals surface area contributed by atoms with Crippen molar-refractivity contribution in [3.05, 3.63) is 188 Å². The van der Waals surface area contributed by atoms with Crippen LogP contribution in [0, 0.1) is 0 Å². The molecule has 0 aliphatic heterocycles. The van der Waals surface area contributed by atoms with E-state index in [1.165, 1.54) is 32.7 Å². The zero-order chi connectivity index (χ0) is 36.3. The fourth-order valence-corrected chi connectivity index (χ4v) is 8.06. The van der Waals surface area contributed by atoms with Gasteiger partial charge in [-0.3, -0.25) is 0 Å². The lowest BCUT2D eigenvalue weighted by Crippen LogP contribution is -2.01. The molecule has 9 aromatic carbocycles. The molecule has 256 valence electrons. The standard InChI is InChI=1S/C51H31N3O/c1-3-13-32(14-4-1)33-23-25-34(26-24-33)37-29-45(48-42-21-11-12-22-46(42)55-47(48)30-37)51-53-49(36-16-5-2-6-17-36)52-50(54-51)44-31-43-38-18-8-7-15-35(38)27-28-41(43)39-19-9-10-20-40(39)44/h1-31H. The minimum absolute atomic E-state index is 0.588. The van der Waals surface area contributed by atoms with Gasteiger partial charge < -0.3 is 4.42 Å². The summed E-state index contributed by atoms with van der Waals surface area (Å²) in [6.45, 7) is 0. The van der Waals surface area contributed by atoms with Crippen molar-refractivity contribution in [2.45, 2.75) is 0 Å². The Morgan fingerprint density at radius 3 is 1.60 bits per heavy atom. The van der Waals surface area contributed by atoms with E-state index in [9.17, 15) is 0 Å². The monoisotopic (exact) mass is 701 g/mol. The van der Waals surface area contributed by atoms with Crippen molar-refractivity contribution in [2.75, 3.05) is 0 Å². The molecule has 11 aromatic rings.